The Morgan fingerprint density at radius 2 is 2.31 bits per heavy atom. The van der Waals surface area contributed by atoms with Crippen LogP contribution in [-0.4, -0.2) is 30.9 Å². The number of nitrogens with one attached hydrogen (secondary N) is 1. The van der Waals surface area contributed by atoms with Gasteiger partial charge in [-0.2, -0.15) is 0 Å². The lowest BCUT2D eigenvalue weighted by atomic mass is 10.3. The minimum absolute atomic E-state index is 0.0419. The summed E-state index contributed by atoms with van der Waals surface area (Å²) in [4.78, 5) is 5.67. The molecule has 1 aliphatic heterocycles. The van der Waals surface area contributed by atoms with Crippen molar-refractivity contribution in [2.24, 2.45) is 0 Å². The Labute approximate surface area is 100 Å². The van der Waals surface area contributed by atoms with Gasteiger partial charge in [0.15, 0.2) is 15.0 Å². The number of thiazole rings is 1. The predicted molar refractivity (Wildman–Crippen MR) is 66.9 cm³/mol. The first-order valence-corrected chi connectivity index (χ1v) is 8.07. The highest BCUT2D eigenvalue weighted by molar-refractivity contribution is 7.91. The third-order valence-electron chi connectivity index (χ3n) is 2.79. The fraction of sp³-hybridized carbons (Fsp3) is 0.700. The fourth-order valence-corrected chi connectivity index (χ4v) is 4.55. The molecule has 4 nitrogen and oxygen atoms in total. The lowest BCUT2D eigenvalue weighted by molar-refractivity contribution is 0.602. The Morgan fingerprint density at radius 1 is 1.56 bits per heavy atom. The van der Waals surface area contributed by atoms with Crippen LogP contribution in [0.25, 0.3) is 0 Å². The highest BCUT2D eigenvalue weighted by Gasteiger charge is 2.28. The van der Waals surface area contributed by atoms with E-state index in [9.17, 15) is 8.42 Å². The van der Waals surface area contributed by atoms with E-state index in [0.29, 0.717) is 12.2 Å². The van der Waals surface area contributed by atoms with Crippen LogP contribution in [0.3, 0.4) is 0 Å². The maximum absolute atomic E-state index is 11.3. The van der Waals surface area contributed by atoms with Crippen LogP contribution in [0.15, 0.2) is 0 Å². The van der Waals surface area contributed by atoms with E-state index in [1.165, 1.54) is 4.88 Å². The molecule has 0 aromatic carbocycles. The maximum Gasteiger partial charge on any atom is 0.183 e. The molecule has 1 saturated heterocycles. The van der Waals surface area contributed by atoms with E-state index in [1.807, 2.05) is 6.92 Å². The van der Waals surface area contributed by atoms with E-state index in [2.05, 4.69) is 17.2 Å². The Kier molecular flexibility index (Phi) is 3.21. The second kappa shape index (κ2) is 4.33. The van der Waals surface area contributed by atoms with Gasteiger partial charge in [-0.1, -0.05) is 6.92 Å². The van der Waals surface area contributed by atoms with Crippen LogP contribution < -0.4 is 5.32 Å². The molecule has 0 spiro atoms. The van der Waals surface area contributed by atoms with Gasteiger partial charge in [0.05, 0.1) is 17.2 Å². The summed E-state index contributed by atoms with van der Waals surface area (Å²) >= 11 is 1.61. The van der Waals surface area contributed by atoms with Gasteiger partial charge in [-0.15, -0.1) is 11.3 Å². The molecule has 2 heterocycles. The van der Waals surface area contributed by atoms with Gasteiger partial charge in [0, 0.05) is 10.9 Å². The van der Waals surface area contributed by atoms with Crippen molar-refractivity contribution in [2.45, 2.75) is 32.7 Å². The highest BCUT2D eigenvalue weighted by Crippen LogP contribution is 2.25. The molecule has 0 saturated carbocycles. The van der Waals surface area contributed by atoms with Crippen molar-refractivity contribution >= 4 is 26.3 Å². The highest BCUT2D eigenvalue weighted by atomic mass is 32.2. The summed E-state index contributed by atoms with van der Waals surface area (Å²) < 4.78 is 22.6. The smallest absolute Gasteiger partial charge is 0.183 e. The van der Waals surface area contributed by atoms with Crippen LogP contribution in [-0.2, 0) is 16.3 Å². The Hall–Kier alpha value is -0.620. The minimum atomic E-state index is -2.81. The zero-order valence-corrected chi connectivity index (χ0v) is 11.1. The number of sulfone groups is 1. The molecular formula is C10H16N2O2S2. The topological polar surface area (TPSA) is 59.1 Å². The van der Waals surface area contributed by atoms with Crippen LogP contribution >= 0.6 is 11.3 Å². The summed E-state index contributed by atoms with van der Waals surface area (Å²) in [7, 11) is -2.81. The minimum Gasteiger partial charge on any atom is -0.358 e. The first kappa shape index (κ1) is 11.9. The molecule has 16 heavy (non-hydrogen) atoms. The van der Waals surface area contributed by atoms with Crippen molar-refractivity contribution in [2.75, 3.05) is 16.8 Å². The number of hydrogen-bond acceptors (Lipinski definition) is 5. The summed E-state index contributed by atoms with van der Waals surface area (Å²) in [5.41, 5.74) is 1.10. The molecule has 6 heteroatoms. The van der Waals surface area contributed by atoms with Crippen molar-refractivity contribution in [1.29, 1.82) is 0 Å². The predicted octanol–water partition coefficient (Wildman–Crippen LogP) is 1.61. The van der Waals surface area contributed by atoms with E-state index in [-0.39, 0.29) is 11.8 Å². The fourth-order valence-electron chi connectivity index (χ4n) is 1.90. The molecular weight excluding hydrogens is 244 g/mol. The van der Waals surface area contributed by atoms with Crippen LogP contribution in [0.5, 0.6) is 0 Å². The summed E-state index contributed by atoms with van der Waals surface area (Å²) in [6.45, 7) is 4.12. The van der Waals surface area contributed by atoms with E-state index < -0.39 is 9.84 Å². The number of rotatable bonds is 3. The Morgan fingerprint density at radius 3 is 2.81 bits per heavy atom. The largest absolute Gasteiger partial charge is 0.358 e. The second-order valence-electron chi connectivity index (χ2n) is 4.12. The van der Waals surface area contributed by atoms with Crippen LogP contribution in [0.4, 0.5) is 5.13 Å². The van der Waals surface area contributed by atoms with E-state index in [1.54, 1.807) is 11.3 Å². The van der Waals surface area contributed by atoms with E-state index >= 15 is 0 Å². The molecule has 1 aromatic rings. The van der Waals surface area contributed by atoms with Gasteiger partial charge in [-0.3, -0.25) is 0 Å². The molecule has 1 aromatic heterocycles. The van der Waals surface area contributed by atoms with Crippen molar-refractivity contribution < 1.29 is 8.42 Å². The number of anilines is 1. The van der Waals surface area contributed by atoms with Crippen LogP contribution in [0, 0.1) is 6.92 Å². The van der Waals surface area contributed by atoms with Crippen molar-refractivity contribution in [3.63, 3.8) is 0 Å². The lowest BCUT2D eigenvalue weighted by Gasteiger charge is -2.08. The molecule has 1 unspecified atom stereocenters. The van der Waals surface area contributed by atoms with Crippen LogP contribution in [0.2, 0.25) is 0 Å². The summed E-state index contributed by atoms with van der Waals surface area (Å²) in [5, 5.41) is 4.08. The Bertz CT molecular complexity index is 479. The van der Waals surface area contributed by atoms with Gasteiger partial charge < -0.3 is 5.32 Å². The number of hydrogen-bond donors (Lipinski definition) is 1. The van der Waals surface area contributed by atoms with E-state index in [0.717, 1.165) is 17.2 Å². The van der Waals surface area contributed by atoms with Gasteiger partial charge in [0.25, 0.3) is 0 Å². The van der Waals surface area contributed by atoms with Gasteiger partial charge in [0.1, 0.15) is 0 Å². The van der Waals surface area contributed by atoms with Crippen molar-refractivity contribution in [1.82, 2.24) is 4.98 Å². The SMILES string of the molecule is CCc1nc(NC2CCS(=O)(=O)C2)sc1C. The average molecular weight is 260 g/mol. The molecule has 90 valence electrons. The zero-order chi connectivity index (χ0) is 11.8. The normalized spacial score (nSPS) is 23.5. The van der Waals surface area contributed by atoms with Gasteiger partial charge in [-0.25, -0.2) is 13.4 Å². The molecule has 1 N–H and O–H groups in total. The average Bonchev–Trinajstić information content (AvgIpc) is 2.70. The molecule has 2 rings (SSSR count). The summed E-state index contributed by atoms with van der Waals surface area (Å²) in [6.07, 6.45) is 1.62. The first-order chi connectivity index (χ1) is 7.50. The van der Waals surface area contributed by atoms with Crippen molar-refractivity contribution in [3.05, 3.63) is 10.6 Å². The lowest BCUT2D eigenvalue weighted by Crippen LogP contribution is -2.20. The molecule has 0 bridgehead atoms. The quantitative estimate of drug-likeness (QED) is 0.897. The van der Waals surface area contributed by atoms with Crippen LogP contribution in [0.1, 0.15) is 23.9 Å². The van der Waals surface area contributed by atoms with Gasteiger partial charge in [0.2, 0.25) is 0 Å². The maximum atomic E-state index is 11.3. The molecule has 1 fully saturated rings. The molecule has 1 aliphatic rings. The van der Waals surface area contributed by atoms with E-state index in [4.69, 9.17) is 0 Å². The molecule has 0 amide bonds. The summed E-state index contributed by atoms with van der Waals surface area (Å²) in [5.74, 6) is 0.544. The number of aryl methyl sites for hydroxylation is 2. The number of aromatic nitrogens is 1. The van der Waals surface area contributed by atoms with Gasteiger partial charge >= 0.3 is 0 Å². The number of nitrogens with zero attached hydrogens (tertiary/aromatic N) is 1. The Balaban J connectivity index is 2.05. The molecule has 1 atom stereocenters. The third-order valence-corrected chi connectivity index (χ3v) is 5.50. The third kappa shape index (κ3) is 2.55. The first-order valence-electron chi connectivity index (χ1n) is 5.43. The zero-order valence-electron chi connectivity index (χ0n) is 9.49. The molecule has 0 aliphatic carbocycles. The second-order valence-corrected chi connectivity index (χ2v) is 7.55. The molecule has 0 radical (unpaired) electrons. The summed E-state index contributed by atoms with van der Waals surface area (Å²) in [6, 6.07) is 0.0419. The monoisotopic (exact) mass is 260 g/mol. The van der Waals surface area contributed by atoms with Gasteiger partial charge in [-0.05, 0) is 19.8 Å². The standard InChI is InChI=1S/C10H16N2O2S2/c1-3-9-7(2)15-10(12-9)11-8-4-5-16(13,14)6-8/h8H,3-6H2,1-2H3,(H,11,12). The van der Waals surface area contributed by atoms with Crippen molar-refractivity contribution in [3.8, 4) is 0 Å².